The average molecular weight is 337 g/mol. The third-order valence-electron chi connectivity index (χ3n) is 3.81. The van der Waals surface area contributed by atoms with E-state index in [0.29, 0.717) is 19.6 Å². The number of nitrogens with zero attached hydrogens (tertiary/aromatic N) is 3. The molecule has 23 heavy (non-hydrogen) atoms. The summed E-state index contributed by atoms with van der Waals surface area (Å²) in [5.74, 6) is 0.107. The Morgan fingerprint density at radius 1 is 1.43 bits per heavy atom. The fourth-order valence-corrected chi connectivity index (χ4v) is 2.70. The lowest BCUT2D eigenvalue weighted by molar-refractivity contribution is -0.132. The van der Waals surface area contributed by atoms with Crippen molar-refractivity contribution < 1.29 is 4.79 Å². The molecule has 1 N–H and O–H groups in total. The number of amides is 1. The molecule has 1 aromatic rings. The summed E-state index contributed by atoms with van der Waals surface area (Å²) in [6.07, 6.45) is 7.14. The Kier molecular flexibility index (Phi) is 8.55. The molecule has 0 bridgehead atoms. The molecule has 0 saturated carbocycles. The largest absolute Gasteiger partial charge is 0.334 e. The molecule has 1 amide bonds. The molecule has 126 valence electrons. The van der Waals surface area contributed by atoms with E-state index < -0.39 is 0 Å². The van der Waals surface area contributed by atoms with Crippen molar-refractivity contribution >= 4 is 18.3 Å². The summed E-state index contributed by atoms with van der Waals surface area (Å²) in [7, 11) is 0. The summed E-state index contributed by atoms with van der Waals surface area (Å²) in [4.78, 5) is 20.7. The maximum atomic E-state index is 12.5. The first kappa shape index (κ1) is 19.4. The highest BCUT2D eigenvalue weighted by Crippen LogP contribution is 2.21. The van der Waals surface area contributed by atoms with Crippen LogP contribution in [0.1, 0.15) is 11.6 Å². The first-order valence-electron chi connectivity index (χ1n) is 7.60. The van der Waals surface area contributed by atoms with Crippen LogP contribution in [0.4, 0.5) is 0 Å². The standard InChI is InChI=1S/C17H24N4O.ClH/c1-3-9-20(10-4-2)17(22)14-21-11-8-19-13-16(21)15-6-5-7-18-12-15;/h3-7,12,16,19H,1-2,8-11,13-14H2;1H. The van der Waals surface area contributed by atoms with Gasteiger partial charge in [-0.3, -0.25) is 14.7 Å². The molecule has 2 rings (SSSR count). The normalized spacial score (nSPS) is 17.8. The number of pyridine rings is 1. The Morgan fingerprint density at radius 3 is 2.78 bits per heavy atom. The van der Waals surface area contributed by atoms with Crippen LogP contribution in [0.5, 0.6) is 0 Å². The predicted octanol–water partition coefficient (Wildman–Crippen LogP) is 1.65. The van der Waals surface area contributed by atoms with Gasteiger partial charge in [0, 0.05) is 51.2 Å². The van der Waals surface area contributed by atoms with Gasteiger partial charge in [-0.1, -0.05) is 18.2 Å². The Hall–Kier alpha value is -1.69. The molecule has 0 spiro atoms. The molecule has 1 unspecified atom stereocenters. The second-order valence-electron chi connectivity index (χ2n) is 5.35. The van der Waals surface area contributed by atoms with Crippen molar-refractivity contribution in [2.45, 2.75) is 6.04 Å². The third-order valence-corrected chi connectivity index (χ3v) is 3.81. The second kappa shape index (κ2) is 10.2. The van der Waals surface area contributed by atoms with Gasteiger partial charge in [0.1, 0.15) is 0 Å². The molecule has 1 aromatic heterocycles. The molecule has 1 saturated heterocycles. The van der Waals surface area contributed by atoms with Gasteiger partial charge < -0.3 is 10.2 Å². The third kappa shape index (κ3) is 5.46. The van der Waals surface area contributed by atoms with Crippen LogP contribution in [0.2, 0.25) is 0 Å². The van der Waals surface area contributed by atoms with Crippen molar-refractivity contribution in [1.29, 1.82) is 0 Å². The van der Waals surface area contributed by atoms with Crippen LogP contribution in [-0.4, -0.2) is 60.0 Å². The number of aromatic nitrogens is 1. The van der Waals surface area contributed by atoms with Crippen LogP contribution < -0.4 is 5.32 Å². The molecule has 0 aromatic carbocycles. The van der Waals surface area contributed by atoms with Gasteiger partial charge in [-0.2, -0.15) is 0 Å². The zero-order chi connectivity index (χ0) is 15.8. The summed E-state index contributed by atoms with van der Waals surface area (Å²) in [6, 6.07) is 4.18. The van der Waals surface area contributed by atoms with Crippen LogP contribution in [0.25, 0.3) is 0 Å². The van der Waals surface area contributed by atoms with Crippen molar-refractivity contribution in [1.82, 2.24) is 20.1 Å². The van der Waals surface area contributed by atoms with E-state index in [9.17, 15) is 4.79 Å². The number of halogens is 1. The molecule has 1 atom stereocenters. The Labute approximate surface area is 144 Å². The first-order valence-corrected chi connectivity index (χ1v) is 7.60. The summed E-state index contributed by atoms with van der Waals surface area (Å²) in [6.45, 7) is 11.5. The molecule has 6 heteroatoms. The van der Waals surface area contributed by atoms with Gasteiger partial charge in [0.25, 0.3) is 0 Å². The Morgan fingerprint density at radius 2 is 2.17 bits per heavy atom. The van der Waals surface area contributed by atoms with Crippen molar-refractivity contribution in [2.24, 2.45) is 0 Å². The van der Waals surface area contributed by atoms with Crippen LogP contribution in [0.15, 0.2) is 49.8 Å². The van der Waals surface area contributed by atoms with E-state index in [-0.39, 0.29) is 24.4 Å². The number of hydrogen-bond donors (Lipinski definition) is 1. The maximum Gasteiger partial charge on any atom is 0.237 e. The van der Waals surface area contributed by atoms with E-state index in [2.05, 4.69) is 34.4 Å². The van der Waals surface area contributed by atoms with Gasteiger partial charge >= 0.3 is 0 Å². The summed E-state index contributed by atoms with van der Waals surface area (Å²) in [5, 5.41) is 3.39. The van der Waals surface area contributed by atoms with E-state index >= 15 is 0 Å². The summed E-state index contributed by atoms with van der Waals surface area (Å²) < 4.78 is 0. The minimum atomic E-state index is 0. The lowest BCUT2D eigenvalue weighted by Gasteiger charge is -2.36. The average Bonchev–Trinajstić information content (AvgIpc) is 2.56. The minimum absolute atomic E-state index is 0. The van der Waals surface area contributed by atoms with Gasteiger partial charge in [0.15, 0.2) is 0 Å². The highest BCUT2D eigenvalue weighted by Gasteiger charge is 2.26. The minimum Gasteiger partial charge on any atom is -0.334 e. The lowest BCUT2D eigenvalue weighted by Crippen LogP contribution is -2.50. The van der Waals surface area contributed by atoms with Crippen molar-refractivity contribution in [3.05, 3.63) is 55.4 Å². The van der Waals surface area contributed by atoms with E-state index in [0.717, 1.165) is 25.2 Å². The molecule has 5 nitrogen and oxygen atoms in total. The van der Waals surface area contributed by atoms with Gasteiger partial charge in [-0.25, -0.2) is 0 Å². The van der Waals surface area contributed by atoms with Crippen molar-refractivity contribution in [3.8, 4) is 0 Å². The summed E-state index contributed by atoms with van der Waals surface area (Å²) >= 11 is 0. The highest BCUT2D eigenvalue weighted by molar-refractivity contribution is 5.85. The van der Waals surface area contributed by atoms with Gasteiger partial charge in [-0.05, 0) is 11.6 Å². The summed E-state index contributed by atoms with van der Waals surface area (Å²) in [5.41, 5.74) is 1.14. The number of piperazine rings is 1. The Bertz CT molecular complexity index is 499. The lowest BCUT2D eigenvalue weighted by atomic mass is 10.1. The van der Waals surface area contributed by atoms with Gasteiger partial charge in [0.2, 0.25) is 5.91 Å². The molecule has 2 heterocycles. The maximum absolute atomic E-state index is 12.5. The van der Waals surface area contributed by atoms with Crippen molar-refractivity contribution in [2.75, 3.05) is 39.3 Å². The van der Waals surface area contributed by atoms with Crippen LogP contribution in [0, 0.1) is 0 Å². The molecular formula is C17H25ClN4O. The Balaban J connectivity index is 0.00000264. The van der Waals surface area contributed by atoms with E-state index in [4.69, 9.17) is 0 Å². The predicted molar refractivity (Wildman–Crippen MR) is 95.6 cm³/mol. The van der Waals surface area contributed by atoms with Crippen LogP contribution >= 0.6 is 12.4 Å². The zero-order valence-electron chi connectivity index (χ0n) is 13.4. The van der Waals surface area contributed by atoms with Gasteiger partial charge in [0.05, 0.1) is 6.54 Å². The first-order chi connectivity index (χ1) is 10.8. The number of nitrogens with one attached hydrogen (secondary N) is 1. The SMILES string of the molecule is C=CCN(CC=C)C(=O)CN1CCNCC1c1cccnc1.Cl. The highest BCUT2D eigenvalue weighted by atomic mass is 35.5. The second-order valence-corrected chi connectivity index (χ2v) is 5.35. The fraction of sp³-hybridized carbons (Fsp3) is 0.412. The smallest absolute Gasteiger partial charge is 0.237 e. The van der Waals surface area contributed by atoms with Gasteiger partial charge in [-0.15, -0.1) is 25.6 Å². The van der Waals surface area contributed by atoms with Crippen LogP contribution in [0.3, 0.4) is 0 Å². The zero-order valence-corrected chi connectivity index (χ0v) is 14.2. The fourth-order valence-electron chi connectivity index (χ4n) is 2.70. The van der Waals surface area contributed by atoms with Crippen LogP contribution in [-0.2, 0) is 4.79 Å². The monoisotopic (exact) mass is 336 g/mol. The molecule has 1 fully saturated rings. The molecule has 1 aliphatic rings. The molecule has 0 radical (unpaired) electrons. The van der Waals surface area contributed by atoms with E-state index in [1.165, 1.54) is 0 Å². The number of carbonyl (C=O) groups is 1. The van der Waals surface area contributed by atoms with Crippen molar-refractivity contribution in [3.63, 3.8) is 0 Å². The number of rotatable bonds is 7. The topological polar surface area (TPSA) is 48.5 Å². The van der Waals surface area contributed by atoms with E-state index in [1.807, 2.05) is 12.3 Å². The quantitative estimate of drug-likeness (QED) is 0.769. The number of carbonyl (C=O) groups excluding carboxylic acids is 1. The molecule has 0 aliphatic carbocycles. The number of hydrogen-bond acceptors (Lipinski definition) is 4. The van der Waals surface area contributed by atoms with E-state index in [1.54, 1.807) is 23.2 Å². The molecule has 1 aliphatic heterocycles. The molecular weight excluding hydrogens is 312 g/mol.